The zero-order valence-electron chi connectivity index (χ0n) is 12.8. The molecule has 0 bridgehead atoms. The van der Waals surface area contributed by atoms with Crippen molar-refractivity contribution in [2.45, 2.75) is 6.04 Å². The summed E-state index contributed by atoms with van der Waals surface area (Å²) in [5.74, 6) is 0.524. The van der Waals surface area contributed by atoms with Crippen molar-refractivity contribution >= 4 is 36.2 Å². The van der Waals surface area contributed by atoms with Crippen molar-refractivity contribution in [3.8, 4) is 5.75 Å². The van der Waals surface area contributed by atoms with E-state index < -0.39 is 0 Å². The number of thiophene rings is 1. The zero-order chi connectivity index (χ0) is 14.7. The molecule has 0 unspecified atom stereocenters. The van der Waals surface area contributed by atoms with Gasteiger partial charge < -0.3 is 10.1 Å². The van der Waals surface area contributed by atoms with Crippen LogP contribution < -0.4 is 10.1 Å². The molecule has 1 aliphatic rings. The molecule has 128 valence electrons. The number of benzene rings is 1. The summed E-state index contributed by atoms with van der Waals surface area (Å²) in [5, 5.41) is 5.39. The number of hydrogen-bond acceptors (Lipinski definition) is 4. The summed E-state index contributed by atoms with van der Waals surface area (Å²) in [4.78, 5) is 3.50. The van der Waals surface area contributed by atoms with Crippen LogP contribution in [0.25, 0.3) is 0 Å². The van der Waals surface area contributed by atoms with Gasteiger partial charge in [0.1, 0.15) is 11.6 Å². The fraction of sp³-hybridized carbons (Fsp3) is 0.375. The minimum atomic E-state index is -0.173. The van der Waals surface area contributed by atoms with E-state index in [0.29, 0.717) is 11.3 Å². The summed E-state index contributed by atoms with van der Waals surface area (Å²) in [7, 11) is 1.61. The third-order valence-corrected chi connectivity index (χ3v) is 4.75. The van der Waals surface area contributed by atoms with E-state index in [0.717, 1.165) is 26.2 Å². The molecule has 2 aromatic rings. The fourth-order valence-corrected chi connectivity index (χ4v) is 3.65. The lowest BCUT2D eigenvalue weighted by molar-refractivity contribution is 0.197. The molecule has 3 nitrogen and oxygen atoms in total. The number of methoxy groups -OCH3 is 1. The molecular formula is C16H21Cl2FN2OS. The Bertz CT molecular complexity index is 592. The molecule has 1 aliphatic heterocycles. The van der Waals surface area contributed by atoms with Gasteiger partial charge in [0.15, 0.2) is 0 Å². The molecule has 0 radical (unpaired) electrons. The molecule has 2 heterocycles. The number of nitrogens with zero attached hydrogens (tertiary/aromatic N) is 1. The molecule has 1 atom stereocenters. The average Bonchev–Trinajstić information content (AvgIpc) is 3.04. The Balaban J connectivity index is 0.00000132. The predicted molar refractivity (Wildman–Crippen MR) is 98.1 cm³/mol. The normalized spacial score (nSPS) is 16.1. The van der Waals surface area contributed by atoms with Crippen molar-refractivity contribution in [1.29, 1.82) is 0 Å². The molecule has 1 aromatic heterocycles. The summed E-state index contributed by atoms with van der Waals surface area (Å²) < 4.78 is 19.7. The Kier molecular flexibility index (Phi) is 8.29. The third-order valence-electron chi connectivity index (χ3n) is 3.83. The number of halogens is 3. The maximum absolute atomic E-state index is 14.4. The van der Waals surface area contributed by atoms with Gasteiger partial charge in [0, 0.05) is 36.6 Å². The SMILES string of the molecule is COc1ccc(F)c([C@@H](c2cccs2)N2CCNCC2)c1.Cl.Cl. The standard InChI is InChI=1S/C16H19FN2OS.2ClH/c1-20-12-4-5-14(17)13(11-12)16(15-3-2-10-21-15)19-8-6-18-7-9-19;;/h2-5,10-11,16,18H,6-9H2,1H3;2*1H/t16-;;/m0../s1. The number of rotatable bonds is 4. The molecule has 0 amide bonds. The van der Waals surface area contributed by atoms with Crippen LogP contribution in [0.4, 0.5) is 4.39 Å². The van der Waals surface area contributed by atoms with E-state index >= 15 is 0 Å². The Morgan fingerprint density at radius 3 is 2.57 bits per heavy atom. The van der Waals surface area contributed by atoms with Crippen molar-refractivity contribution in [1.82, 2.24) is 10.2 Å². The lowest BCUT2D eigenvalue weighted by Gasteiger charge is -2.35. The summed E-state index contributed by atoms with van der Waals surface area (Å²) in [6.07, 6.45) is 0. The Morgan fingerprint density at radius 2 is 1.96 bits per heavy atom. The van der Waals surface area contributed by atoms with Crippen LogP contribution in [0.1, 0.15) is 16.5 Å². The highest BCUT2D eigenvalue weighted by Crippen LogP contribution is 2.35. The summed E-state index contributed by atoms with van der Waals surface area (Å²) in [6.45, 7) is 3.71. The third kappa shape index (κ3) is 4.58. The molecule has 23 heavy (non-hydrogen) atoms. The van der Waals surface area contributed by atoms with Gasteiger partial charge in [-0.05, 0) is 29.6 Å². The van der Waals surface area contributed by atoms with Crippen LogP contribution in [-0.2, 0) is 0 Å². The monoisotopic (exact) mass is 378 g/mol. The van der Waals surface area contributed by atoms with Gasteiger partial charge in [0.05, 0.1) is 13.2 Å². The highest BCUT2D eigenvalue weighted by Gasteiger charge is 2.27. The summed E-state index contributed by atoms with van der Waals surface area (Å²) in [5.41, 5.74) is 0.693. The van der Waals surface area contributed by atoms with Crippen LogP contribution in [0, 0.1) is 5.82 Å². The minimum Gasteiger partial charge on any atom is -0.497 e. The molecule has 0 spiro atoms. The van der Waals surface area contributed by atoms with Crippen molar-refractivity contribution in [3.63, 3.8) is 0 Å². The molecule has 3 rings (SSSR count). The van der Waals surface area contributed by atoms with Gasteiger partial charge in [-0.25, -0.2) is 4.39 Å². The van der Waals surface area contributed by atoms with Crippen molar-refractivity contribution in [2.24, 2.45) is 0 Å². The molecule has 1 N–H and O–H groups in total. The van der Waals surface area contributed by atoms with Crippen LogP contribution in [0.15, 0.2) is 35.7 Å². The second-order valence-electron chi connectivity index (χ2n) is 5.09. The Morgan fingerprint density at radius 1 is 1.22 bits per heavy atom. The van der Waals surface area contributed by atoms with Gasteiger partial charge in [-0.3, -0.25) is 4.90 Å². The van der Waals surface area contributed by atoms with Gasteiger partial charge in [-0.2, -0.15) is 0 Å². The van der Waals surface area contributed by atoms with E-state index in [-0.39, 0.29) is 36.7 Å². The van der Waals surface area contributed by atoms with Gasteiger partial charge in [-0.15, -0.1) is 36.2 Å². The van der Waals surface area contributed by atoms with Crippen molar-refractivity contribution < 1.29 is 9.13 Å². The minimum absolute atomic E-state index is 0. The average molecular weight is 379 g/mol. The van der Waals surface area contributed by atoms with Crippen LogP contribution in [-0.4, -0.2) is 38.2 Å². The smallest absolute Gasteiger partial charge is 0.128 e. The summed E-state index contributed by atoms with van der Waals surface area (Å²) >= 11 is 1.67. The maximum Gasteiger partial charge on any atom is 0.128 e. The van der Waals surface area contributed by atoms with Crippen molar-refractivity contribution in [3.05, 3.63) is 52.0 Å². The maximum atomic E-state index is 14.4. The van der Waals surface area contributed by atoms with E-state index in [1.165, 1.54) is 10.9 Å². The number of nitrogens with one attached hydrogen (secondary N) is 1. The fourth-order valence-electron chi connectivity index (χ4n) is 2.78. The Labute approximate surface area is 152 Å². The highest BCUT2D eigenvalue weighted by atomic mass is 35.5. The first kappa shape index (κ1) is 20.2. The molecule has 0 aliphatic carbocycles. The predicted octanol–water partition coefficient (Wildman–Crippen LogP) is 3.73. The van der Waals surface area contributed by atoms with Crippen molar-refractivity contribution in [2.75, 3.05) is 33.3 Å². The quantitative estimate of drug-likeness (QED) is 0.876. The molecule has 0 saturated carbocycles. The van der Waals surface area contributed by atoms with Gasteiger partial charge >= 0.3 is 0 Å². The lowest BCUT2D eigenvalue weighted by atomic mass is 10.0. The molecule has 1 saturated heterocycles. The molecule has 1 fully saturated rings. The molecule has 1 aromatic carbocycles. The highest BCUT2D eigenvalue weighted by molar-refractivity contribution is 7.10. The first-order valence-corrected chi connectivity index (χ1v) is 7.99. The first-order valence-electron chi connectivity index (χ1n) is 7.11. The van der Waals surface area contributed by atoms with Crippen LogP contribution in [0.5, 0.6) is 5.75 Å². The van der Waals surface area contributed by atoms with E-state index in [1.807, 2.05) is 17.5 Å². The van der Waals surface area contributed by atoms with E-state index in [1.54, 1.807) is 24.5 Å². The zero-order valence-corrected chi connectivity index (χ0v) is 15.3. The van der Waals surface area contributed by atoms with Gasteiger partial charge in [0.2, 0.25) is 0 Å². The number of piperazine rings is 1. The van der Waals surface area contributed by atoms with Crippen LogP contribution >= 0.6 is 36.2 Å². The molecule has 7 heteroatoms. The van der Waals surface area contributed by atoms with E-state index in [4.69, 9.17) is 4.74 Å². The Hall–Kier alpha value is -0.850. The largest absolute Gasteiger partial charge is 0.497 e. The number of ether oxygens (including phenoxy) is 1. The van der Waals surface area contributed by atoms with Crippen LogP contribution in [0.3, 0.4) is 0 Å². The van der Waals surface area contributed by atoms with Crippen LogP contribution in [0.2, 0.25) is 0 Å². The van der Waals surface area contributed by atoms with Gasteiger partial charge in [0.25, 0.3) is 0 Å². The lowest BCUT2D eigenvalue weighted by Crippen LogP contribution is -2.45. The molecular weight excluding hydrogens is 358 g/mol. The second-order valence-corrected chi connectivity index (χ2v) is 6.07. The van der Waals surface area contributed by atoms with Gasteiger partial charge in [-0.1, -0.05) is 6.07 Å². The topological polar surface area (TPSA) is 24.5 Å². The first-order chi connectivity index (χ1) is 10.3. The summed E-state index contributed by atoms with van der Waals surface area (Å²) in [6, 6.07) is 9.05. The van der Waals surface area contributed by atoms with E-state index in [9.17, 15) is 4.39 Å². The number of hydrogen-bond donors (Lipinski definition) is 1. The van der Waals surface area contributed by atoms with E-state index in [2.05, 4.69) is 16.3 Å². The second kappa shape index (κ2) is 9.45.